The topological polar surface area (TPSA) is 84.4 Å². The van der Waals surface area contributed by atoms with Gasteiger partial charge in [-0.15, -0.1) is 0 Å². The lowest BCUT2D eigenvalue weighted by molar-refractivity contribution is 0.0635. The van der Waals surface area contributed by atoms with Crippen LogP contribution in [-0.2, 0) is 17.6 Å². The predicted molar refractivity (Wildman–Crippen MR) is 146 cm³/mol. The number of benzene rings is 2. The first-order chi connectivity index (χ1) is 17.7. The van der Waals surface area contributed by atoms with E-state index in [4.69, 9.17) is 4.74 Å². The Morgan fingerprint density at radius 1 is 1.00 bits per heavy atom. The summed E-state index contributed by atoms with van der Waals surface area (Å²) in [5, 5.41) is 2.81. The van der Waals surface area contributed by atoms with Crippen molar-refractivity contribution >= 4 is 17.6 Å². The van der Waals surface area contributed by atoms with Gasteiger partial charge in [-0.1, -0.05) is 36.4 Å². The van der Waals surface area contributed by atoms with Gasteiger partial charge >= 0.3 is 6.09 Å². The minimum absolute atomic E-state index is 0.101. The molecule has 1 aromatic heterocycles. The molecule has 1 amide bonds. The average Bonchev–Trinajstić information content (AvgIpc) is 2.86. The number of piperidine rings is 1. The van der Waals surface area contributed by atoms with E-state index in [9.17, 15) is 9.59 Å². The van der Waals surface area contributed by atoms with Crippen molar-refractivity contribution in [3.8, 4) is 11.1 Å². The van der Waals surface area contributed by atoms with Crippen molar-refractivity contribution in [2.75, 3.05) is 25.5 Å². The smallest absolute Gasteiger partial charge is 0.412 e. The highest BCUT2D eigenvalue weighted by Gasteiger charge is 2.20. The van der Waals surface area contributed by atoms with Gasteiger partial charge < -0.3 is 9.64 Å². The first-order valence-electron chi connectivity index (χ1n) is 12.9. The van der Waals surface area contributed by atoms with Crippen LogP contribution >= 0.6 is 0 Å². The van der Waals surface area contributed by atoms with Gasteiger partial charge in [0.25, 0.3) is 0 Å². The summed E-state index contributed by atoms with van der Waals surface area (Å²) < 4.78 is 5.42. The lowest BCUT2D eigenvalue weighted by atomic mass is 9.93. The number of nitrogens with one attached hydrogen (secondary N) is 1. The Kier molecular flexibility index (Phi) is 8.34. The molecule has 1 fully saturated rings. The van der Waals surface area contributed by atoms with E-state index in [0.717, 1.165) is 49.3 Å². The monoisotopic (exact) mass is 500 g/mol. The third kappa shape index (κ3) is 7.70. The van der Waals surface area contributed by atoms with E-state index in [0.29, 0.717) is 22.7 Å². The molecule has 2 heterocycles. The summed E-state index contributed by atoms with van der Waals surface area (Å²) in [5.41, 5.74) is 3.07. The van der Waals surface area contributed by atoms with Crippen LogP contribution in [0, 0.1) is 5.92 Å². The van der Waals surface area contributed by atoms with Crippen molar-refractivity contribution in [2.24, 2.45) is 5.92 Å². The number of hydrogen-bond donors (Lipinski definition) is 1. The Morgan fingerprint density at radius 3 is 2.32 bits per heavy atom. The fourth-order valence-electron chi connectivity index (χ4n) is 4.49. The summed E-state index contributed by atoms with van der Waals surface area (Å²) in [6.07, 6.45) is 5.92. The highest BCUT2D eigenvalue weighted by atomic mass is 16.6. The second kappa shape index (κ2) is 11.6. The fourth-order valence-corrected chi connectivity index (χ4v) is 4.49. The van der Waals surface area contributed by atoms with Crippen LogP contribution in [0.3, 0.4) is 0 Å². The first kappa shape index (κ1) is 26.5. The van der Waals surface area contributed by atoms with Gasteiger partial charge in [-0.05, 0) is 88.5 Å². The maximum atomic E-state index is 13.2. The molecule has 0 unspecified atom stereocenters. The van der Waals surface area contributed by atoms with Crippen LogP contribution in [0.1, 0.15) is 55.4 Å². The Bertz CT molecular complexity index is 1210. The Morgan fingerprint density at radius 2 is 1.68 bits per heavy atom. The second-order valence-corrected chi connectivity index (χ2v) is 10.8. The van der Waals surface area contributed by atoms with Crippen LogP contribution in [0.5, 0.6) is 0 Å². The van der Waals surface area contributed by atoms with E-state index < -0.39 is 11.7 Å². The maximum Gasteiger partial charge on any atom is 0.412 e. The zero-order valence-corrected chi connectivity index (χ0v) is 22.2. The van der Waals surface area contributed by atoms with Gasteiger partial charge in [-0.25, -0.2) is 14.8 Å². The lowest BCUT2D eigenvalue weighted by Crippen LogP contribution is -2.31. The van der Waals surface area contributed by atoms with Gasteiger partial charge in [0, 0.05) is 30.9 Å². The van der Waals surface area contributed by atoms with Gasteiger partial charge in [0.2, 0.25) is 0 Å². The molecule has 2 aromatic carbocycles. The standard InChI is InChI=1S/C30H36N4O3/c1-30(2,3)37-29(36)33-26-11-10-23(22-8-6-5-7-9-22)17-24(26)18-27(35)25-19-31-28(32-20-25)16-21-12-14-34(4)15-13-21/h5-11,17,19-21H,12-16,18H2,1-4H3,(H,33,36). The number of ketones is 1. The summed E-state index contributed by atoms with van der Waals surface area (Å²) in [4.78, 5) is 37.0. The van der Waals surface area contributed by atoms with E-state index in [2.05, 4.69) is 27.2 Å². The summed E-state index contributed by atoms with van der Waals surface area (Å²) in [6.45, 7) is 7.63. The second-order valence-electron chi connectivity index (χ2n) is 10.8. The number of likely N-dealkylation sites (tertiary alicyclic amines) is 1. The lowest BCUT2D eigenvalue weighted by Gasteiger charge is -2.28. The number of rotatable bonds is 7. The summed E-state index contributed by atoms with van der Waals surface area (Å²) >= 11 is 0. The highest BCUT2D eigenvalue weighted by molar-refractivity contribution is 5.98. The SMILES string of the molecule is CN1CCC(Cc2ncc(C(=O)Cc3cc(-c4ccccc4)ccc3NC(=O)OC(C)(C)C)cn2)CC1. The van der Waals surface area contributed by atoms with Crippen LogP contribution in [0.2, 0.25) is 0 Å². The zero-order chi connectivity index (χ0) is 26.4. The minimum Gasteiger partial charge on any atom is -0.444 e. The van der Waals surface area contributed by atoms with E-state index in [1.165, 1.54) is 0 Å². The molecule has 0 spiro atoms. The number of aromatic nitrogens is 2. The molecule has 1 saturated heterocycles. The molecule has 1 N–H and O–H groups in total. The van der Waals surface area contributed by atoms with E-state index in [1.54, 1.807) is 12.4 Å². The summed E-state index contributed by atoms with van der Waals surface area (Å²) in [7, 11) is 2.15. The minimum atomic E-state index is -0.628. The molecule has 1 aliphatic rings. The van der Waals surface area contributed by atoms with Gasteiger partial charge in [0.05, 0.1) is 5.56 Å². The third-order valence-electron chi connectivity index (χ3n) is 6.54. The molecule has 0 radical (unpaired) electrons. The number of ether oxygens (including phenoxy) is 1. The van der Waals surface area contributed by atoms with Crippen molar-refractivity contribution in [1.82, 2.24) is 14.9 Å². The number of anilines is 1. The summed E-state index contributed by atoms with van der Waals surface area (Å²) in [5.74, 6) is 1.26. The van der Waals surface area contributed by atoms with Crippen molar-refractivity contribution < 1.29 is 14.3 Å². The summed E-state index contributed by atoms with van der Waals surface area (Å²) in [6, 6.07) is 15.6. The molecule has 0 saturated carbocycles. The number of hydrogen-bond acceptors (Lipinski definition) is 6. The number of nitrogens with zero attached hydrogens (tertiary/aromatic N) is 3. The average molecular weight is 501 g/mol. The van der Waals surface area contributed by atoms with Gasteiger partial charge in [0.1, 0.15) is 11.4 Å². The van der Waals surface area contributed by atoms with Crippen LogP contribution in [0.15, 0.2) is 60.9 Å². The largest absolute Gasteiger partial charge is 0.444 e. The molecule has 1 aliphatic heterocycles. The number of Topliss-reactive ketones (excluding diaryl/α,β-unsaturated/α-hetero) is 1. The van der Waals surface area contributed by atoms with Crippen molar-refractivity contribution in [3.63, 3.8) is 0 Å². The van der Waals surface area contributed by atoms with E-state index in [1.807, 2.05) is 69.3 Å². The molecule has 0 bridgehead atoms. The first-order valence-corrected chi connectivity index (χ1v) is 12.9. The molecule has 0 atom stereocenters. The Balaban J connectivity index is 1.51. The molecule has 7 nitrogen and oxygen atoms in total. The molecule has 4 rings (SSSR count). The number of amides is 1. The van der Waals surface area contributed by atoms with Crippen molar-refractivity contribution in [2.45, 2.75) is 52.1 Å². The highest BCUT2D eigenvalue weighted by Crippen LogP contribution is 2.27. The predicted octanol–water partition coefficient (Wildman–Crippen LogP) is 5.80. The van der Waals surface area contributed by atoms with Crippen LogP contribution in [0.25, 0.3) is 11.1 Å². The molecule has 194 valence electrons. The van der Waals surface area contributed by atoms with Crippen molar-refractivity contribution in [3.05, 3.63) is 77.9 Å². The molecular weight excluding hydrogens is 464 g/mol. The third-order valence-corrected chi connectivity index (χ3v) is 6.54. The maximum absolute atomic E-state index is 13.2. The van der Waals surface area contributed by atoms with E-state index in [-0.39, 0.29) is 12.2 Å². The van der Waals surface area contributed by atoms with Crippen LogP contribution in [-0.4, -0.2) is 52.5 Å². The van der Waals surface area contributed by atoms with Crippen LogP contribution < -0.4 is 5.32 Å². The Labute approximate surface area is 219 Å². The molecule has 37 heavy (non-hydrogen) atoms. The molecule has 0 aliphatic carbocycles. The van der Waals surface area contributed by atoms with Gasteiger partial charge in [-0.2, -0.15) is 0 Å². The number of carbonyl (C=O) groups is 2. The molecule has 3 aromatic rings. The van der Waals surface area contributed by atoms with Crippen LogP contribution in [0.4, 0.5) is 10.5 Å². The number of carbonyl (C=O) groups excluding carboxylic acids is 2. The fraction of sp³-hybridized carbons (Fsp3) is 0.400. The molecular formula is C30H36N4O3. The quantitative estimate of drug-likeness (QED) is 0.413. The normalized spacial score (nSPS) is 14.8. The van der Waals surface area contributed by atoms with Crippen molar-refractivity contribution in [1.29, 1.82) is 0 Å². The molecule has 7 heteroatoms. The van der Waals surface area contributed by atoms with E-state index >= 15 is 0 Å². The zero-order valence-electron chi connectivity index (χ0n) is 22.2. The van der Waals surface area contributed by atoms with Gasteiger partial charge in [-0.3, -0.25) is 10.1 Å². The Hall–Kier alpha value is -3.58. The van der Waals surface area contributed by atoms with Gasteiger partial charge in [0.15, 0.2) is 5.78 Å².